The van der Waals surface area contributed by atoms with Gasteiger partial charge in [-0.1, -0.05) is 11.6 Å². The van der Waals surface area contributed by atoms with Gasteiger partial charge >= 0.3 is 5.97 Å². The summed E-state index contributed by atoms with van der Waals surface area (Å²) in [5.74, 6) is -2.57. The van der Waals surface area contributed by atoms with Gasteiger partial charge in [0.05, 0.1) is 23.2 Å². The summed E-state index contributed by atoms with van der Waals surface area (Å²) < 4.78 is 0. The molecule has 0 spiro atoms. The van der Waals surface area contributed by atoms with E-state index >= 15 is 0 Å². The molecule has 3 atom stereocenters. The second-order valence-corrected chi connectivity index (χ2v) is 9.23. The van der Waals surface area contributed by atoms with Gasteiger partial charge in [-0.15, -0.1) is 0 Å². The zero-order valence-electron chi connectivity index (χ0n) is 19.1. The average Bonchev–Trinajstić information content (AvgIpc) is 3.50. The van der Waals surface area contributed by atoms with Crippen molar-refractivity contribution in [2.24, 2.45) is 5.92 Å². The Balaban J connectivity index is 1.71. The van der Waals surface area contributed by atoms with Crippen molar-refractivity contribution in [1.82, 2.24) is 15.5 Å². The summed E-state index contributed by atoms with van der Waals surface area (Å²) in [6.07, 6.45) is 2.04. The van der Waals surface area contributed by atoms with E-state index in [0.29, 0.717) is 30.0 Å². The average molecular weight is 490 g/mol. The third-order valence-electron chi connectivity index (χ3n) is 6.03. The van der Waals surface area contributed by atoms with Gasteiger partial charge in [0.25, 0.3) is 5.91 Å². The van der Waals surface area contributed by atoms with E-state index in [1.54, 1.807) is 24.3 Å². The van der Waals surface area contributed by atoms with Crippen molar-refractivity contribution in [1.29, 1.82) is 5.26 Å². The van der Waals surface area contributed by atoms with E-state index in [4.69, 9.17) is 22.0 Å². The van der Waals surface area contributed by atoms with Gasteiger partial charge in [-0.25, -0.2) is 0 Å². The smallest absolute Gasteiger partial charge is 0.306 e. The molecule has 2 aliphatic rings. The van der Waals surface area contributed by atoms with Gasteiger partial charge in [0.15, 0.2) is 0 Å². The number of hydrogen-bond acceptors (Lipinski definition) is 6. The second-order valence-electron chi connectivity index (χ2n) is 8.83. The number of nitrogens with one attached hydrogen (secondary N) is 2. The maximum Gasteiger partial charge on any atom is 0.306 e. The maximum atomic E-state index is 13.4. The number of carbonyl (C=O) groups is 4. The van der Waals surface area contributed by atoms with E-state index in [1.807, 2.05) is 19.0 Å². The Morgan fingerprint density at radius 1 is 1.24 bits per heavy atom. The number of halogens is 1. The standard InChI is InChI=1S/C23H28ClN5O5/c1-28(2)17-8-7-14(10-16(17)24)21(32)27-20(13-5-6-13)23(34)29-9-3-4-18(29)22(33)26-15(12-25)11-19(30)31/h7-8,10,13,15,18,20H,3-6,9,11H2,1-2H3,(H,26,33)(H,27,32)(H,30,31). The van der Waals surface area contributed by atoms with E-state index in [2.05, 4.69) is 10.6 Å². The molecular weight excluding hydrogens is 462 g/mol. The van der Waals surface area contributed by atoms with Crippen LogP contribution in [0.4, 0.5) is 5.69 Å². The van der Waals surface area contributed by atoms with Gasteiger partial charge in [-0.3, -0.25) is 19.2 Å². The molecule has 2 fully saturated rings. The Bertz CT molecular complexity index is 1020. The number of carboxylic acids is 1. The zero-order valence-corrected chi connectivity index (χ0v) is 19.8. The monoisotopic (exact) mass is 489 g/mol. The van der Waals surface area contributed by atoms with Crippen LogP contribution < -0.4 is 15.5 Å². The van der Waals surface area contributed by atoms with Gasteiger partial charge in [0, 0.05) is 26.2 Å². The van der Waals surface area contributed by atoms with Crippen LogP contribution in [0, 0.1) is 17.2 Å². The third kappa shape index (κ3) is 5.97. The number of carboxylic acid groups (broad SMARTS) is 1. The predicted octanol–water partition coefficient (Wildman–Crippen LogP) is 1.39. The minimum atomic E-state index is -1.21. The Morgan fingerprint density at radius 2 is 1.94 bits per heavy atom. The number of benzene rings is 1. The molecule has 11 heteroatoms. The van der Waals surface area contributed by atoms with E-state index in [-0.39, 0.29) is 11.8 Å². The second kappa shape index (κ2) is 10.7. The van der Waals surface area contributed by atoms with Crippen LogP contribution in [0.5, 0.6) is 0 Å². The van der Waals surface area contributed by atoms with E-state index in [9.17, 15) is 19.2 Å². The summed E-state index contributed by atoms with van der Waals surface area (Å²) in [5, 5.41) is 23.7. The molecule has 0 radical (unpaired) electrons. The summed E-state index contributed by atoms with van der Waals surface area (Å²) in [5.41, 5.74) is 1.09. The molecular formula is C23H28ClN5O5. The molecule has 1 heterocycles. The Kier molecular flexibility index (Phi) is 7.99. The molecule has 1 saturated heterocycles. The van der Waals surface area contributed by atoms with Crippen LogP contribution in [-0.4, -0.2) is 72.5 Å². The number of nitrogens with zero attached hydrogens (tertiary/aromatic N) is 3. The normalized spacial score (nSPS) is 19.0. The molecule has 10 nitrogen and oxygen atoms in total. The van der Waals surface area contributed by atoms with Gasteiger partial charge < -0.3 is 25.5 Å². The van der Waals surface area contributed by atoms with Crippen molar-refractivity contribution in [2.45, 2.75) is 50.2 Å². The van der Waals surface area contributed by atoms with Gasteiger partial charge in [0.1, 0.15) is 18.1 Å². The molecule has 0 aromatic heterocycles. The SMILES string of the molecule is CN(C)c1ccc(C(=O)NC(C(=O)N2CCCC2C(=O)NC(C#N)CC(=O)O)C2CC2)cc1Cl. The number of rotatable bonds is 9. The highest BCUT2D eigenvalue weighted by atomic mass is 35.5. The van der Waals surface area contributed by atoms with Crippen LogP contribution in [0.3, 0.4) is 0 Å². The topological polar surface area (TPSA) is 143 Å². The highest BCUT2D eigenvalue weighted by Crippen LogP contribution is 2.35. The van der Waals surface area contributed by atoms with Crippen molar-refractivity contribution in [3.63, 3.8) is 0 Å². The molecule has 1 aliphatic carbocycles. The fourth-order valence-electron chi connectivity index (χ4n) is 4.10. The number of nitriles is 1. The van der Waals surface area contributed by atoms with Crippen molar-refractivity contribution in [3.8, 4) is 6.07 Å². The highest BCUT2D eigenvalue weighted by molar-refractivity contribution is 6.33. The van der Waals surface area contributed by atoms with Crippen LogP contribution in [0.15, 0.2) is 18.2 Å². The van der Waals surface area contributed by atoms with Crippen molar-refractivity contribution < 1.29 is 24.3 Å². The largest absolute Gasteiger partial charge is 0.481 e. The molecule has 182 valence electrons. The molecule has 0 bridgehead atoms. The number of aliphatic carboxylic acids is 1. The molecule has 3 unspecified atom stereocenters. The molecule has 3 amide bonds. The molecule has 1 saturated carbocycles. The number of hydrogen-bond donors (Lipinski definition) is 3. The molecule has 3 N–H and O–H groups in total. The highest BCUT2D eigenvalue weighted by Gasteiger charge is 2.44. The molecule has 3 rings (SSSR count). The number of amides is 3. The van der Waals surface area contributed by atoms with Crippen LogP contribution in [-0.2, 0) is 14.4 Å². The number of likely N-dealkylation sites (tertiary alicyclic amines) is 1. The van der Waals surface area contributed by atoms with Crippen LogP contribution in [0.2, 0.25) is 5.02 Å². The summed E-state index contributed by atoms with van der Waals surface area (Å²) in [6.45, 7) is 0.343. The number of anilines is 1. The lowest BCUT2D eigenvalue weighted by atomic mass is 10.1. The van der Waals surface area contributed by atoms with Gasteiger partial charge in [-0.05, 0) is 49.8 Å². The minimum Gasteiger partial charge on any atom is -0.481 e. The maximum absolute atomic E-state index is 13.4. The first-order chi connectivity index (χ1) is 16.1. The van der Waals surface area contributed by atoms with Crippen LogP contribution >= 0.6 is 11.6 Å². The molecule has 1 aromatic carbocycles. The van der Waals surface area contributed by atoms with E-state index in [1.165, 1.54) is 4.90 Å². The zero-order chi connectivity index (χ0) is 25.0. The van der Waals surface area contributed by atoms with E-state index < -0.39 is 42.3 Å². The summed E-state index contributed by atoms with van der Waals surface area (Å²) in [6, 6.07) is 3.90. The van der Waals surface area contributed by atoms with Crippen LogP contribution in [0.1, 0.15) is 42.5 Å². The van der Waals surface area contributed by atoms with Crippen molar-refractivity contribution in [3.05, 3.63) is 28.8 Å². The third-order valence-corrected chi connectivity index (χ3v) is 6.33. The van der Waals surface area contributed by atoms with Gasteiger partial charge in [0.2, 0.25) is 11.8 Å². The first-order valence-corrected chi connectivity index (χ1v) is 11.5. The Hall–Kier alpha value is -3.32. The van der Waals surface area contributed by atoms with Crippen molar-refractivity contribution >= 4 is 41.0 Å². The first-order valence-electron chi connectivity index (χ1n) is 11.1. The van der Waals surface area contributed by atoms with E-state index in [0.717, 1.165) is 18.5 Å². The lowest BCUT2D eigenvalue weighted by Crippen LogP contribution is -2.55. The fraction of sp³-hybridized carbons (Fsp3) is 0.522. The Morgan fingerprint density at radius 3 is 2.50 bits per heavy atom. The van der Waals surface area contributed by atoms with Crippen molar-refractivity contribution in [2.75, 3.05) is 25.5 Å². The fourth-order valence-corrected chi connectivity index (χ4v) is 4.45. The summed E-state index contributed by atoms with van der Waals surface area (Å²) in [4.78, 5) is 53.2. The molecule has 1 aliphatic heterocycles. The molecule has 34 heavy (non-hydrogen) atoms. The molecule has 1 aromatic rings. The summed E-state index contributed by atoms with van der Waals surface area (Å²) >= 11 is 6.28. The lowest BCUT2D eigenvalue weighted by molar-refractivity contribution is -0.141. The van der Waals surface area contributed by atoms with Crippen LogP contribution in [0.25, 0.3) is 0 Å². The minimum absolute atomic E-state index is 0.0175. The summed E-state index contributed by atoms with van der Waals surface area (Å²) in [7, 11) is 3.68. The lowest BCUT2D eigenvalue weighted by Gasteiger charge is -2.29. The predicted molar refractivity (Wildman–Crippen MR) is 124 cm³/mol. The first kappa shape index (κ1) is 25.3. The quantitative estimate of drug-likeness (QED) is 0.475. The van der Waals surface area contributed by atoms with Gasteiger partial charge in [-0.2, -0.15) is 5.26 Å². The Labute approximate surface area is 202 Å². The number of carbonyl (C=O) groups excluding carboxylic acids is 3.